The van der Waals surface area contributed by atoms with Gasteiger partial charge in [0.2, 0.25) is 0 Å². The van der Waals surface area contributed by atoms with Crippen LogP contribution in [0.5, 0.6) is 0 Å². The van der Waals surface area contributed by atoms with Crippen molar-refractivity contribution in [3.63, 3.8) is 0 Å². The monoisotopic (exact) mass is 1090 g/mol. The maximum Gasteiger partial charge on any atom is 2.00 e. The molecular formula is C72H48ClFeN6+. The molecule has 0 saturated heterocycles. The van der Waals surface area contributed by atoms with Gasteiger partial charge in [0.1, 0.15) is 0 Å². The topological polar surface area (TPSA) is 77.3 Å². The van der Waals surface area contributed by atoms with Crippen LogP contribution in [-0.2, 0) is 17.1 Å². The largest absolute Gasteiger partial charge is 2.00 e. The van der Waals surface area contributed by atoms with Gasteiger partial charge in [0.05, 0.1) is 33.1 Å². The van der Waals surface area contributed by atoms with E-state index in [4.69, 9.17) is 0 Å². The van der Waals surface area contributed by atoms with Gasteiger partial charge in [0.15, 0.2) is 0 Å². The van der Waals surface area contributed by atoms with Gasteiger partial charge in [-0.05, 0) is 103 Å². The molecule has 0 spiro atoms. The number of fused-ring (bicyclic) bond motifs is 9. The summed E-state index contributed by atoms with van der Waals surface area (Å²) in [5.74, 6) is 0. The molecule has 0 aliphatic heterocycles. The minimum Gasteiger partial charge on any atom is -1.00 e. The summed E-state index contributed by atoms with van der Waals surface area (Å²) in [6, 6.07) is 88.0. The Labute approximate surface area is 480 Å². The molecule has 6 heterocycles. The average Bonchev–Trinajstić information content (AvgIpc) is 3.59. The normalized spacial score (nSPS) is 10.8. The summed E-state index contributed by atoms with van der Waals surface area (Å²) < 4.78 is 0. The number of halogens is 1. The van der Waals surface area contributed by atoms with Gasteiger partial charge < -0.3 is 12.4 Å². The summed E-state index contributed by atoms with van der Waals surface area (Å²) >= 11 is 0. The minimum absolute atomic E-state index is 0. The van der Waals surface area contributed by atoms with Crippen LogP contribution >= 0.6 is 0 Å². The minimum atomic E-state index is 0. The van der Waals surface area contributed by atoms with Gasteiger partial charge in [0, 0.05) is 69.5 Å². The van der Waals surface area contributed by atoms with Crippen molar-refractivity contribution >= 4 is 65.4 Å². The van der Waals surface area contributed by atoms with E-state index < -0.39 is 0 Å². The first-order valence-electron chi connectivity index (χ1n) is 26.1. The van der Waals surface area contributed by atoms with Crippen molar-refractivity contribution < 1.29 is 29.5 Å². The molecular weight excluding hydrogens is 1040 g/mol. The van der Waals surface area contributed by atoms with Gasteiger partial charge in [-0.25, -0.2) is 0 Å². The Morgan fingerprint density at radius 2 is 0.300 bits per heavy atom. The number of aromatic nitrogens is 6. The van der Waals surface area contributed by atoms with E-state index in [1.165, 1.54) is 66.8 Å². The SMILES string of the molecule is [Cl-].[Fe+2].c1ccc(-c2ccnc3c2ccc2c(-c4ccccc4)ccnc23)cc1.c1ccc(-c2ccnc3c2ccc2c(-c4ccccc4)ccnc23)cc1.c1ccc(-c2ccnc3c2ccc2c(-c4ccccc4)ccnc23)cc1. The summed E-state index contributed by atoms with van der Waals surface area (Å²) in [6.45, 7) is 0. The molecule has 0 amide bonds. The molecule has 15 aromatic rings. The van der Waals surface area contributed by atoms with Crippen LogP contribution < -0.4 is 12.4 Å². The number of benzene rings is 9. The summed E-state index contributed by atoms with van der Waals surface area (Å²) in [7, 11) is 0. The van der Waals surface area contributed by atoms with E-state index in [2.05, 4.69) is 248 Å². The Kier molecular flexibility index (Phi) is 15.6. The molecule has 0 atom stereocenters. The molecule has 15 rings (SSSR count). The van der Waals surface area contributed by atoms with E-state index in [-0.39, 0.29) is 29.5 Å². The van der Waals surface area contributed by atoms with Crippen molar-refractivity contribution in [2.45, 2.75) is 0 Å². The van der Waals surface area contributed by atoms with Crippen LogP contribution in [-0.4, -0.2) is 29.9 Å². The molecule has 80 heavy (non-hydrogen) atoms. The van der Waals surface area contributed by atoms with Crippen LogP contribution in [0.25, 0.3) is 132 Å². The molecule has 0 unspecified atom stereocenters. The van der Waals surface area contributed by atoms with Crippen LogP contribution in [0.3, 0.4) is 0 Å². The van der Waals surface area contributed by atoms with Gasteiger partial charge in [-0.1, -0.05) is 218 Å². The molecule has 6 nitrogen and oxygen atoms in total. The zero-order chi connectivity index (χ0) is 52.0. The van der Waals surface area contributed by atoms with Crippen LogP contribution in [0.1, 0.15) is 0 Å². The van der Waals surface area contributed by atoms with Crippen molar-refractivity contribution in [2.24, 2.45) is 0 Å². The first-order chi connectivity index (χ1) is 38.7. The van der Waals surface area contributed by atoms with Gasteiger partial charge in [-0.3, -0.25) is 29.9 Å². The van der Waals surface area contributed by atoms with Crippen molar-refractivity contribution in [2.75, 3.05) is 0 Å². The molecule has 9 aromatic carbocycles. The Bertz CT molecular complexity index is 3830. The maximum atomic E-state index is 4.67. The van der Waals surface area contributed by atoms with Gasteiger partial charge in [-0.2, -0.15) is 0 Å². The second-order valence-electron chi connectivity index (χ2n) is 18.9. The summed E-state index contributed by atoms with van der Waals surface area (Å²) in [5, 5.41) is 6.77. The van der Waals surface area contributed by atoms with Crippen molar-refractivity contribution in [3.05, 3.63) is 292 Å². The fourth-order valence-electron chi connectivity index (χ4n) is 10.7. The molecule has 0 fully saturated rings. The molecule has 0 bridgehead atoms. The Morgan fingerprint density at radius 1 is 0.163 bits per heavy atom. The van der Waals surface area contributed by atoms with E-state index in [0.717, 1.165) is 65.4 Å². The van der Waals surface area contributed by atoms with E-state index in [1.807, 2.05) is 73.6 Å². The van der Waals surface area contributed by atoms with Crippen LogP contribution in [0.4, 0.5) is 0 Å². The van der Waals surface area contributed by atoms with Gasteiger partial charge in [0.25, 0.3) is 0 Å². The molecule has 8 heteroatoms. The first kappa shape index (κ1) is 52.3. The second-order valence-corrected chi connectivity index (χ2v) is 18.9. The van der Waals surface area contributed by atoms with Crippen molar-refractivity contribution in [3.8, 4) is 66.8 Å². The third-order valence-electron chi connectivity index (χ3n) is 14.4. The molecule has 380 valence electrons. The Morgan fingerprint density at radius 3 is 0.438 bits per heavy atom. The molecule has 0 aliphatic rings. The van der Waals surface area contributed by atoms with E-state index in [9.17, 15) is 0 Å². The fraction of sp³-hybridized carbons (Fsp3) is 0. The molecule has 0 aliphatic carbocycles. The van der Waals surface area contributed by atoms with E-state index >= 15 is 0 Å². The van der Waals surface area contributed by atoms with Gasteiger partial charge in [-0.15, -0.1) is 0 Å². The molecule has 6 aromatic heterocycles. The number of rotatable bonds is 6. The quantitative estimate of drug-likeness (QED) is 0.122. The van der Waals surface area contributed by atoms with Crippen LogP contribution in [0, 0.1) is 0 Å². The average molecular weight is 1090 g/mol. The predicted molar refractivity (Wildman–Crippen MR) is 324 cm³/mol. The zero-order valence-corrected chi connectivity index (χ0v) is 45.0. The fourth-order valence-corrected chi connectivity index (χ4v) is 10.7. The summed E-state index contributed by atoms with van der Waals surface area (Å²) in [5.41, 5.74) is 19.9. The maximum absolute atomic E-state index is 4.67. The second kappa shape index (κ2) is 23.9. The third kappa shape index (κ3) is 10.3. The first-order valence-corrected chi connectivity index (χ1v) is 26.1. The number of hydrogen-bond acceptors (Lipinski definition) is 6. The summed E-state index contributed by atoms with van der Waals surface area (Å²) in [6.07, 6.45) is 11.3. The number of pyridine rings is 6. The summed E-state index contributed by atoms with van der Waals surface area (Å²) in [4.78, 5) is 28.0. The predicted octanol–water partition coefficient (Wildman–Crippen LogP) is 15.4. The molecule has 0 saturated carbocycles. The molecule has 0 N–H and O–H groups in total. The smallest absolute Gasteiger partial charge is 1.00 e. The Balaban J connectivity index is 0.000000125. The Hall–Kier alpha value is -9.75. The van der Waals surface area contributed by atoms with E-state index in [1.54, 1.807) is 0 Å². The third-order valence-corrected chi connectivity index (χ3v) is 14.4. The van der Waals surface area contributed by atoms with Crippen LogP contribution in [0.15, 0.2) is 292 Å². The standard InChI is InChI=1S/3C24H16N2.ClH.Fe/c3*1-3-7-17(8-4-1)19-13-15-25-23-21(19)11-12-22-20(14-16-26-24(22)23)18-9-5-2-6-10-18;;/h3*1-16H;1H;/q;;;;+2/p-1. The van der Waals surface area contributed by atoms with Crippen molar-refractivity contribution in [1.82, 2.24) is 29.9 Å². The van der Waals surface area contributed by atoms with E-state index in [0.29, 0.717) is 0 Å². The molecule has 0 radical (unpaired) electrons. The zero-order valence-electron chi connectivity index (χ0n) is 43.1. The van der Waals surface area contributed by atoms with Gasteiger partial charge >= 0.3 is 17.1 Å². The number of hydrogen-bond donors (Lipinski definition) is 0. The number of nitrogens with zero attached hydrogens (tertiary/aromatic N) is 6. The van der Waals surface area contributed by atoms with Crippen molar-refractivity contribution in [1.29, 1.82) is 0 Å². The van der Waals surface area contributed by atoms with Crippen LogP contribution in [0.2, 0.25) is 0 Å².